The quantitative estimate of drug-likeness (QED) is 0.905. The van der Waals surface area contributed by atoms with Crippen molar-refractivity contribution in [2.45, 2.75) is 18.9 Å². The van der Waals surface area contributed by atoms with Gasteiger partial charge in [0, 0.05) is 23.0 Å². The Hall–Kier alpha value is -1.75. The Labute approximate surface area is 109 Å². The minimum Gasteiger partial charge on any atom is -0.474 e. The van der Waals surface area contributed by atoms with Gasteiger partial charge in [0.05, 0.1) is 0 Å². The number of halogens is 2. The molecule has 0 aliphatic carbocycles. The second kappa shape index (κ2) is 5.09. The number of ether oxygens (including phenoxy) is 1. The summed E-state index contributed by atoms with van der Waals surface area (Å²) >= 11 is 0. The Morgan fingerprint density at radius 2 is 1.95 bits per heavy atom. The lowest BCUT2D eigenvalue weighted by Gasteiger charge is -2.23. The van der Waals surface area contributed by atoms with Crippen LogP contribution in [-0.4, -0.2) is 24.2 Å². The lowest BCUT2D eigenvalue weighted by atomic mass is 10.1. The van der Waals surface area contributed by atoms with Gasteiger partial charge in [-0.2, -0.15) is 0 Å². The number of hydrogen-bond acceptors (Lipinski definition) is 3. The highest BCUT2D eigenvalue weighted by Gasteiger charge is 2.17. The molecular weight excluding hydrogens is 250 g/mol. The maximum atomic E-state index is 13.7. The largest absolute Gasteiger partial charge is 0.474 e. The topological polar surface area (TPSA) is 34.1 Å². The van der Waals surface area contributed by atoms with E-state index in [9.17, 15) is 8.78 Å². The standard InChI is InChI=1S/C14H14F2N2O/c15-9-7-12-11(13(16)8-9)3-6-18-14(12)19-10-1-4-17-5-2-10/h3,6-8,10,17H,1-2,4-5H2. The van der Waals surface area contributed by atoms with Crippen LogP contribution < -0.4 is 10.1 Å². The van der Waals surface area contributed by atoms with Gasteiger partial charge in [-0.05, 0) is 38.1 Å². The van der Waals surface area contributed by atoms with Crippen molar-refractivity contribution >= 4 is 10.8 Å². The first kappa shape index (κ1) is 12.3. The van der Waals surface area contributed by atoms with Crippen LogP contribution in [0.25, 0.3) is 10.8 Å². The third-order valence-corrected chi connectivity index (χ3v) is 3.32. The van der Waals surface area contributed by atoms with E-state index < -0.39 is 11.6 Å². The zero-order valence-electron chi connectivity index (χ0n) is 10.3. The molecule has 1 aliphatic heterocycles. The molecule has 5 heteroatoms. The van der Waals surface area contributed by atoms with Gasteiger partial charge in [-0.25, -0.2) is 13.8 Å². The summed E-state index contributed by atoms with van der Waals surface area (Å²) in [5.41, 5.74) is 0. The minimum absolute atomic E-state index is 0.0469. The van der Waals surface area contributed by atoms with Crippen LogP contribution in [0.3, 0.4) is 0 Å². The molecule has 2 heterocycles. The SMILES string of the molecule is Fc1cc(F)c2ccnc(OC3CCNCC3)c2c1. The number of piperidine rings is 1. The second-order valence-corrected chi connectivity index (χ2v) is 4.67. The smallest absolute Gasteiger partial charge is 0.221 e. The van der Waals surface area contributed by atoms with Crippen LogP contribution in [0.4, 0.5) is 8.78 Å². The van der Waals surface area contributed by atoms with Crippen LogP contribution in [-0.2, 0) is 0 Å². The van der Waals surface area contributed by atoms with Crippen molar-refractivity contribution in [3.05, 3.63) is 36.0 Å². The predicted octanol–water partition coefficient (Wildman–Crippen LogP) is 2.64. The Kier molecular flexibility index (Phi) is 3.29. The molecule has 19 heavy (non-hydrogen) atoms. The molecule has 0 atom stereocenters. The van der Waals surface area contributed by atoms with Crippen molar-refractivity contribution in [2.24, 2.45) is 0 Å². The van der Waals surface area contributed by atoms with Gasteiger partial charge >= 0.3 is 0 Å². The molecule has 0 radical (unpaired) electrons. The molecule has 1 aromatic carbocycles. The molecule has 0 bridgehead atoms. The molecule has 100 valence electrons. The molecule has 1 aromatic heterocycles. The maximum Gasteiger partial charge on any atom is 0.221 e. The summed E-state index contributed by atoms with van der Waals surface area (Å²) in [7, 11) is 0. The van der Waals surface area contributed by atoms with E-state index in [4.69, 9.17) is 4.74 Å². The van der Waals surface area contributed by atoms with E-state index in [1.807, 2.05) is 0 Å². The van der Waals surface area contributed by atoms with Gasteiger partial charge in [-0.1, -0.05) is 0 Å². The monoisotopic (exact) mass is 264 g/mol. The van der Waals surface area contributed by atoms with Gasteiger partial charge in [0.25, 0.3) is 0 Å². The molecular formula is C14H14F2N2O. The fourth-order valence-electron chi connectivity index (χ4n) is 2.35. The molecule has 1 fully saturated rings. The minimum atomic E-state index is -0.617. The van der Waals surface area contributed by atoms with Gasteiger partial charge in [-0.3, -0.25) is 0 Å². The van der Waals surface area contributed by atoms with Crippen LogP contribution in [0.2, 0.25) is 0 Å². The third-order valence-electron chi connectivity index (χ3n) is 3.32. The van der Waals surface area contributed by atoms with Gasteiger partial charge < -0.3 is 10.1 Å². The van der Waals surface area contributed by atoms with Crippen LogP contribution in [0.15, 0.2) is 24.4 Å². The van der Waals surface area contributed by atoms with E-state index in [0.29, 0.717) is 16.7 Å². The van der Waals surface area contributed by atoms with Crippen LogP contribution in [0.5, 0.6) is 5.88 Å². The van der Waals surface area contributed by atoms with E-state index in [1.54, 1.807) is 0 Å². The Morgan fingerprint density at radius 1 is 1.16 bits per heavy atom. The van der Waals surface area contributed by atoms with Crippen molar-refractivity contribution in [1.29, 1.82) is 0 Å². The lowest BCUT2D eigenvalue weighted by Crippen LogP contribution is -2.34. The number of nitrogens with one attached hydrogen (secondary N) is 1. The third kappa shape index (κ3) is 2.51. The number of aromatic nitrogens is 1. The zero-order chi connectivity index (χ0) is 13.2. The van der Waals surface area contributed by atoms with Gasteiger partial charge in [-0.15, -0.1) is 0 Å². The summed E-state index contributed by atoms with van der Waals surface area (Å²) in [5, 5.41) is 3.96. The summed E-state index contributed by atoms with van der Waals surface area (Å²) in [4.78, 5) is 4.11. The van der Waals surface area contributed by atoms with Crippen LogP contribution in [0, 0.1) is 11.6 Å². The summed E-state index contributed by atoms with van der Waals surface area (Å²) in [5.74, 6) is -0.900. The first-order chi connectivity index (χ1) is 9.24. The van der Waals surface area contributed by atoms with E-state index >= 15 is 0 Å². The van der Waals surface area contributed by atoms with Crippen molar-refractivity contribution in [3.63, 3.8) is 0 Å². The summed E-state index contributed by atoms with van der Waals surface area (Å²) < 4.78 is 32.8. The molecule has 2 aromatic rings. The number of fused-ring (bicyclic) bond motifs is 1. The normalized spacial score (nSPS) is 16.7. The first-order valence-corrected chi connectivity index (χ1v) is 6.35. The van der Waals surface area contributed by atoms with E-state index in [1.165, 1.54) is 18.3 Å². The average Bonchev–Trinajstić information content (AvgIpc) is 2.41. The van der Waals surface area contributed by atoms with Gasteiger partial charge in [0.1, 0.15) is 17.7 Å². The molecule has 0 unspecified atom stereocenters. The first-order valence-electron chi connectivity index (χ1n) is 6.35. The van der Waals surface area contributed by atoms with Crippen molar-refractivity contribution < 1.29 is 13.5 Å². The van der Waals surface area contributed by atoms with Crippen LogP contribution in [0.1, 0.15) is 12.8 Å². The molecule has 3 rings (SSSR count). The highest BCUT2D eigenvalue weighted by molar-refractivity contribution is 5.87. The van der Waals surface area contributed by atoms with Crippen molar-refractivity contribution in [2.75, 3.05) is 13.1 Å². The fraction of sp³-hybridized carbons (Fsp3) is 0.357. The summed E-state index contributed by atoms with van der Waals surface area (Å²) in [6.45, 7) is 1.77. The zero-order valence-corrected chi connectivity index (χ0v) is 10.3. The Morgan fingerprint density at radius 3 is 2.74 bits per heavy atom. The predicted molar refractivity (Wildman–Crippen MR) is 68.2 cm³/mol. The maximum absolute atomic E-state index is 13.7. The van der Waals surface area contributed by atoms with Crippen molar-refractivity contribution in [1.82, 2.24) is 10.3 Å². The van der Waals surface area contributed by atoms with E-state index in [2.05, 4.69) is 10.3 Å². The van der Waals surface area contributed by atoms with Gasteiger partial charge in [0.15, 0.2) is 0 Å². The molecule has 1 aliphatic rings. The lowest BCUT2D eigenvalue weighted by molar-refractivity contribution is 0.158. The summed E-state index contributed by atoms with van der Waals surface area (Å²) in [6.07, 6.45) is 3.27. The summed E-state index contributed by atoms with van der Waals surface area (Å²) in [6, 6.07) is 3.66. The Balaban J connectivity index is 1.98. The van der Waals surface area contributed by atoms with Gasteiger partial charge in [0.2, 0.25) is 5.88 Å². The highest BCUT2D eigenvalue weighted by Crippen LogP contribution is 2.28. The molecule has 0 spiro atoms. The van der Waals surface area contributed by atoms with Crippen molar-refractivity contribution in [3.8, 4) is 5.88 Å². The number of hydrogen-bond donors (Lipinski definition) is 1. The second-order valence-electron chi connectivity index (χ2n) is 4.67. The number of pyridine rings is 1. The molecule has 1 saturated heterocycles. The Bertz CT molecular complexity index is 597. The number of nitrogens with zero attached hydrogens (tertiary/aromatic N) is 1. The number of rotatable bonds is 2. The highest BCUT2D eigenvalue weighted by atomic mass is 19.1. The van der Waals surface area contributed by atoms with E-state index in [-0.39, 0.29) is 6.10 Å². The van der Waals surface area contributed by atoms with E-state index in [0.717, 1.165) is 32.0 Å². The molecule has 1 N–H and O–H groups in total. The number of benzene rings is 1. The average molecular weight is 264 g/mol. The van der Waals surface area contributed by atoms with Crippen LogP contribution >= 0.6 is 0 Å². The fourth-order valence-corrected chi connectivity index (χ4v) is 2.35. The molecule has 0 amide bonds. The molecule has 0 saturated carbocycles. The molecule has 3 nitrogen and oxygen atoms in total.